The molecule has 2 aromatic rings. The van der Waals surface area contributed by atoms with Crippen molar-refractivity contribution in [3.05, 3.63) is 63.6 Å². The maximum Gasteiger partial charge on any atom is 0.328 e. The molecule has 0 fully saturated rings. The molecular formula is C17H15BrO3. The van der Waals surface area contributed by atoms with Crippen LogP contribution in [0.1, 0.15) is 16.7 Å². The van der Waals surface area contributed by atoms with Crippen LogP contribution >= 0.6 is 15.9 Å². The van der Waals surface area contributed by atoms with Gasteiger partial charge in [0.2, 0.25) is 0 Å². The summed E-state index contributed by atoms with van der Waals surface area (Å²) in [6.45, 7) is 4.01. The third-order valence-corrected chi connectivity index (χ3v) is 3.29. The van der Waals surface area contributed by atoms with E-state index in [1.807, 2.05) is 44.2 Å². The summed E-state index contributed by atoms with van der Waals surface area (Å²) >= 11 is 3.38. The molecule has 3 nitrogen and oxygen atoms in total. The standard InChI is InChI=1S/C17H15BrO3/c1-11-7-12(2)9-15(8-11)21-16-5-4-14(18)10-13(16)3-6-17(19)20/h3-10H,1-2H3,(H,19,20)/b6-3+. The minimum Gasteiger partial charge on any atom is -0.478 e. The van der Waals surface area contributed by atoms with Crippen molar-refractivity contribution in [3.8, 4) is 11.5 Å². The molecule has 0 aromatic heterocycles. The second kappa shape index (κ2) is 6.59. The molecular weight excluding hydrogens is 332 g/mol. The Morgan fingerprint density at radius 1 is 1.14 bits per heavy atom. The highest BCUT2D eigenvalue weighted by Crippen LogP contribution is 2.30. The van der Waals surface area contributed by atoms with E-state index in [9.17, 15) is 4.79 Å². The summed E-state index contributed by atoms with van der Waals surface area (Å²) in [6.07, 6.45) is 2.61. The SMILES string of the molecule is Cc1cc(C)cc(Oc2ccc(Br)cc2/C=C/C(=O)O)c1. The Balaban J connectivity index is 2.36. The lowest BCUT2D eigenvalue weighted by Gasteiger charge is -2.11. The zero-order chi connectivity index (χ0) is 15.4. The van der Waals surface area contributed by atoms with Gasteiger partial charge in [0.25, 0.3) is 0 Å². The van der Waals surface area contributed by atoms with E-state index in [0.29, 0.717) is 11.3 Å². The summed E-state index contributed by atoms with van der Waals surface area (Å²) in [5.41, 5.74) is 2.93. The van der Waals surface area contributed by atoms with Crippen molar-refractivity contribution in [2.75, 3.05) is 0 Å². The Labute approximate surface area is 132 Å². The molecule has 108 valence electrons. The number of hydrogen-bond acceptors (Lipinski definition) is 2. The number of rotatable bonds is 4. The molecule has 21 heavy (non-hydrogen) atoms. The van der Waals surface area contributed by atoms with Gasteiger partial charge in [0.15, 0.2) is 0 Å². The summed E-state index contributed by atoms with van der Waals surface area (Å²) < 4.78 is 6.75. The second-order valence-corrected chi connectivity index (χ2v) is 5.69. The van der Waals surface area contributed by atoms with E-state index in [-0.39, 0.29) is 0 Å². The predicted octanol–water partition coefficient (Wildman–Crippen LogP) is 4.96. The molecule has 4 heteroatoms. The highest BCUT2D eigenvalue weighted by Gasteiger charge is 2.05. The van der Waals surface area contributed by atoms with Crippen molar-refractivity contribution in [2.24, 2.45) is 0 Å². The number of aliphatic carboxylic acids is 1. The van der Waals surface area contributed by atoms with Gasteiger partial charge in [-0.2, -0.15) is 0 Å². The molecule has 0 saturated heterocycles. The lowest BCUT2D eigenvalue weighted by Crippen LogP contribution is -1.91. The fraction of sp³-hybridized carbons (Fsp3) is 0.118. The van der Waals surface area contributed by atoms with Gasteiger partial charge in [-0.15, -0.1) is 0 Å². The number of aryl methyl sites for hydroxylation is 2. The summed E-state index contributed by atoms with van der Waals surface area (Å²) in [4.78, 5) is 10.7. The average Bonchev–Trinajstić information content (AvgIpc) is 2.37. The fourth-order valence-corrected chi connectivity index (χ4v) is 2.40. The van der Waals surface area contributed by atoms with Gasteiger partial charge in [0.05, 0.1) is 0 Å². The smallest absolute Gasteiger partial charge is 0.328 e. The number of carbonyl (C=O) groups is 1. The molecule has 2 rings (SSSR count). The molecule has 0 spiro atoms. The third kappa shape index (κ3) is 4.46. The Bertz CT molecular complexity index is 685. The molecule has 0 bridgehead atoms. The van der Waals surface area contributed by atoms with E-state index in [4.69, 9.17) is 9.84 Å². The molecule has 0 aliphatic heterocycles. The first kappa shape index (κ1) is 15.3. The van der Waals surface area contributed by atoms with E-state index in [0.717, 1.165) is 27.4 Å². The van der Waals surface area contributed by atoms with E-state index in [1.54, 1.807) is 0 Å². The normalized spacial score (nSPS) is 10.8. The highest BCUT2D eigenvalue weighted by atomic mass is 79.9. The maximum absolute atomic E-state index is 10.7. The number of hydrogen-bond donors (Lipinski definition) is 1. The average molecular weight is 347 g/mol. The van der Waals surface area contributed by atoms with Crippen molar-refractivity contribution < 1.29 is 14.6 Å². The van der Waals surface area contributed by atoms with Gasteiger partial charge in [-0.25, -0.2) is 4.79 Å². The van der Waals surface area contributed by atoms with Gasteiger partial charge in [-0.1, -0.05) is 22.0 Å². The van der Waals surface area contributed by atoms with Crippen LogP contribution in [-0.2, 0) is 4.79 Å². The lowest BCUT2D eigenvalue weighted by molar-refractivity contribution is -0.131. The van der Waals surface area contributed by atoms with Gasteiger partial charge < -0.3 is 9.84 Å². The molecule has 0 amide bonds. The first-order valence-corrected chi connectivity index (χ1v) is 7.20. The Morgan fingerprint density at radius 2 is 1.81 bits per heavy atom. The molecule has 1 N–H and O–H groups in total. The molecule has 0 unspecified atom stereocenters. The predicted molar refractivity (Wildman–Crippen MR) is 86.8 cm³/mol. The number of benzene rings is 2. The quantitative estimate of drug-likeness (QED) is 0.796. The monoisotopic (exact) mass is 346 g/mol. The molecule has 0 saturated carbocycles. The number of carboxylic acid groups (broad SMARTS) is 1. The molecule has 0 heterocycles. The minimum absolute atomic E-state index is 0.612. The van der Waals surface area contributed by atoms with Gasteiger partial charge in [-0.3, -0.25) is 0 Å². The largest absolute Gasteiger partial charge is 0.478 e. The van der Waals surface area contributed by atoms with Crippen molar-refractivity contribution in [1.82, 2.24) is 0 Å². The molecule has 0 aliphatic carbocycles. The van der Waals surface area contributed by atoms with Crippen LogP contribution in [0.25, 0.3) is 6.08 Å². The van der Waals surface area contributed by atoms with Crippen molar-refractivity contribution in [3.63, 3.8) is 0 Å². The lowest BCUT2D eigenvalue weighted by atomic mass is 10.1. The Morgan fingerprint density at radius 3 is 2.43 bits per heavy atom. The summed E-state index contributed by atoms with van der Waals surface area (Å²) in [6, 6.07) is 11.4. The molecule has 0 radical (unpaired) electrons. The van der Waals surface area contributed by atoms with Crippen LogP contribution < -0.4 is 4.74 Å². The van der Waals surface area contributed by atoms with Crippen LogP contribution in [0.2, 0.25) is 0 Å². The topological polar surface area (TPSA) is 46.5 Å². The van der Waals surface area contributed by atoms with E-state index >= 15 is 0 Å². The first-order valence-electron chi connectivity index (χ1n) is 6.41. The Hall–Kier alpha value is -2.07. The molecule has 0 aliphatic rings. The first-order chi connectivity index (χ1) is 9.94. The van der Waals surface area contributed by atoms with Crippen LogP contribution in [0.15, 0.2) is 46.9 Å². The Kier molecular flexibility index (Phi) is 4.81. The summed E-state index contributed by atoms with van der Waals surface area (Å²) in [5, 5.41) is 8.76. The van der Waals surface area contributed by atoms with Gasteiger partial charge in [0, 0.05) is 16.1 Å². The van der Waals surface area contributed by atoms with E-state index < -0.39 is 5.97 Å². The van der Waals surface area contributed by atoms with Crippen LogP contribution in [0.3, 0.4) is 0 Å². The fourth-order valence-electron chi connectivity index (χ4n) is 2.02. The van der Waals surface area contributed by atoms with Crippen LogP contribution in [-0.4, -0.2) is 11.1 Å². The van der Waals surface area contributed by atoms with Crippen LogP contribution in [0.5, 0.6) is 11.5 Å². The third-order valence-electron chi connectivity index (χ3n) is 2.80. The van der Waals surface area contributed by atoms with Crippen LogP contribution in [0, 0.1) is 13.8 Å². The minimum atomic E-state index is -0.993. The van der Waals surface area contributed by atoms with Crippen molar-refractivity contribution in [1.29, 1.82) is 0 Å². The molecule has 0 atom stereocenters. The zero-order valence-electron chi connectivity index (χ0n) is 11.8. The maximum atomic E-state index is 10.7. The van der Waals surface area contributed by atoms with E-state index in [2.05, 4.69) is 22.0 Å². The zero-order valence-corrected chi connectivity index (χ0v) is 13.3. The van der Waals surface area contributed by atoms with Gasteiger partial charge in [-0.05, 0) is 61.4 Å². The van der Waals surface area contributed by atoms with Gasteiger partial charge in [0.1, 0.15) is 11.5 Å². The van der Waals surface area contributed by atoms with Gasteiger partial charge >= 0.3 is 5.97 Å². The highest BCUT2D eigenvalue weighted by molar-refractivity contribution is 9.10. The van der Waals surface area contributed by atoms with E-state index in [1.165, 1.54) is 6.08 Å². The molecule has 2 aromatic carbocycles. The number of carboxylic acids is 1. The summed E-state index contributed by atoms with van der Waals surface area (Å²) in [7, 11) is 0. The van der Waals surface area contributed by atoms with Crippen molar-refractivity contribution >= 4 is 28.0 Å². The van der Waals surface area contributed by atoms with Crippen molar-refractivity contribution in [2.45, 2.75) is 13.8 Å². The van der Waals surface area contributed by atoms with Crippen LogP contribution in [0.4, 0.5) is 0 Å². The number of ether oxygens (including phenoxy) is 1. The number of halogens is 1. The summed E-state index contributed by atoms with van der Waals surface area (Å²) in [5.74, 6) is 0.354. The second-order valence-electron chi connectivity index (χ2n) is 4.78.